The van der Waals surface area contributed by atoms with Crippen molar-refractivity contribution in [2.24, 2.45) is 0 Å². The van der Waals surface area contributed by atoms with Crippen LogP contribution in [0, 0.1) is 6.92 Å². The van der Waals surface area contributed by atoms with Gasteiger partial charge in [0, 0.05) is 17.7 Å². The van der Waals surface area contributed by atoms with Crippen LogP contribution < -0.4 is 10.6 Å². The number of nitrogens with zero attached hydrogens (tertiary/aromatic N) is 3. The summed E-state index contributed by atoms with van der Waals surface area (Å²) in [6.07, 6.45) is 3.33. The van der Waals surface area contributed by atoms with Gasteiger partial charge < -0.3 is 15.2 Å². The number of anilines is 1. The second-order valence-electron chi connectivity index (χ2n) is 6.51. The minimum atomic E-state index is -0.238. The number of piperidine rings is 1. The highest BCUT2D eigenvalue weighted by atomic mass is 16.5. The average molecular weight is 351 g/mol. The van der Waals surface area contributed by atoms with Gasteiger partial charge in [0.05, 0.1) is 11.4 Å². The van der Waals surface area contributed by atoms with Gasteiger partial charge in [-0.05, 0) is 45.0 Å². The lowest BCUT2D eigenvalue weighted by Crippen LogP contribution is -2.28. The molecular formula is C19H21N5O2. The van der Waals surface area contributed by atoms with Crippen LogP contribution in [-0.4, -0.2) is 33.9 Å². The number of aryl methyl sites for hydroxylation is 1. The van der Waals surface area contributed by atoms with E-state index in [4.69, 9.17) is 4.52 Å². The number of carbonyl (C=O) groups excluding carboxylic acids is 1. The largest absolute Gasteiger partial charge is 0.364 e. The lowest BCUT2D eigenvalue weighted by molar-refractivity contribution is 0.102. The third-order valence-electron chi connectivity index (χ3n) is 4.70. The number of carbonyl (C=O) groups is 1. The minimum Gasteiger partial charge on any atom is -0.364 e. The van der Waals surface area contributed by atoms with Crippen LogP contribution in [0.5, 0.6) is 0 Å². The van der Waals surface area contributed by atoms with Gasteiger partial charge in [-0.1, -0.05) is 23.4 Å². The fourth-order valence-corrected chi connectivity index (χ4v) is 3.35. The van der Waals surface area contributed by atoms with E-state index in [0.717, 1.165) is 43.0 Å². The Balaban J connectivity index is 1.54. The minimum absolute atomic E-state index is 0.238. The van der Waals surface area contributed by atoms with Crippen LogP contribution in [0.2, 0.25) is 0 Å². The first-order chi connectivity index (χ1) is 12.7. The third kappa shape index (κ3) is 3.25. The number of nitrogens with one attached hydrogen (secondary N) is 2. The molecule has 1 aliphatic heterocycles. The quantitative estimate of drug-likeness (QED) is 0.755. The molecule has 3 heterocycles. The van der Waals surface area contributed by atoms with Gasteiger partial charge in [-0.2, -0.15) is 0 Å². The van der Waals surface area contributed by atoms with E-state index in [9.17, 15) is 4.79 Å². The second-order valence-corrected chi connectivity index (χ2v) is 6.51. The van der Waals surface area contributed by atoms with Gasteiger partial charge in [0.25, 0.3) is 5.91 Å². The van der Waals surface area contributed by atoms with E-state index in [0.29, 0.717) is 11.4 Å². The molecule has 0 bridgehead atoms. The zero-order valence-corrected chi connectivity index (χ0v) is 14.6. The Morgan fingerprint density at radius 2 is 2.04 bits per heavy atom. The van der Waals surface area contributed by atoms with E-state index >= 15 is 0 Å². The van der Waals surface area contributed by atoms with Gasteiger partial charge in [0.15, 0.2) is 5.82 Å². The van der Waals surface area contributed by atoms with E-state index in [1.807, 2.05) is 43.3 Å². The molecule has 0 atom stereocenters. The Hall–Kier alpha value is -2.93. The molecular weight excluding hydrogens is 330 g/mol. The maximum Gasteiger partial charge on any atom is 0.262 e. The molecule has 0 saturated carbocycles. The molecule has 2 N–H and O–H groups in total. The molecule has 0 radical (unpaired) electrons. The number of hydrogen-bond donors (Lipinski definition) is 2. The molecule has 1 fully saturated rings. The fourth-order valence-electron chi connectivity index (χ4n) is 3.35. The summed E-state index contributed by atoms with van der Waals surface area (Å²) in [6.45, 7) is 3.81. The van der Waals surface area contributed by atoms with Crippen LogP contribution in [0.1, 0.15) is 40.5 Å². The summed E-state index contributed by atoms with van der Waals surface area (Å²) in [6, 6.07) is 11.7. The summed E-state index contributed by atoms with van der Waals surface area (Å²) in [7, 11) is 0. The zero-order valence-electron chi connectivity index (χ0n) is 14.6. The van der Waals surface area contributed by atoms with Crippen molar-refractivity contribution < 1.29 is 9.32 Å². The molecule has 1 saturated heterocycles. The lowest BCUT2D eigenvalue weighted by Gasteiger charge is -2.21. The van der Waals surface area contributed by atoms with E-state index in [-0.39, 0.29) is 11.8 Å². The molecule has 26 heavy (non-hydrogen) atoms. The smallest absolute Gasteiger partial charge is 0.262 e. The van der Waals surface area contributed by atoms with Gasteiger partial charge in [-0.15, -0.1) is 5.10 Å². The molecule has 7 heteroatoms. The van der Waals surface area contributed by atoms with E-state index in [1.54, 1.807) is 4.68 Å². The predicted molar refractivity (Wildman–Crippen MR) is 97.6 cm³/mol. The highest BCUT2D eigenvalue weighted by Gasteiger charge is 2.25. The van der Waals surface area contributed by atoms with E-state index < -0.39 is 0 Å². The van der Waals surface area contributed by atoms with Gasteiger partial charge in [-0.25, -0.2) is 4.68 Å². The molecule has 1 aromatic carbocycles. The van der Waals surface area contributed by atoms with Crippen LogP contribution >= 0.6 is 0 Å². The van der Waals surface area contributed by atoms with Crippen molar-refractivity contribution in [3.63, 3.8) is 0 Å². The fraction of sp³-hybridized carbons (Fsp3) is 0.316. The molecule has 1 amide bonds. The van der Waals surface area contributed by atoms with Crippen LogP contribution in [0.25, 0.3) is 5.69 Å². The van der Waals surface area contributed by atoms with Crippen molar-refractivity contribution in [3.05, 3.63) is 59.6 Å². The first-order valence-corrected chi connectivity index (χ1v) is 8.81. The van der Waals surface area contributed by atoms with E-state index in [1.165, 1.54) is 6.26 Å². The lowest BCUT2D eigenvalue weighted by atomic mass is 9.92. The van der Waals surface area contributed by atoms with Crippen molar-refractivity contribution in [1.29, 1.82) is 0 Å². The van der Waals surface area contributed by atoms with E-state index in [2.05, 4.69) is 20.9 Å². The SMILES string of the molecule is Cc1cc(NC(=O)c2conc2C2CCNCC2)nn1-c1ccccc1. The Morgan fingerprint density at radius 3 is 2.81 bits per heavy atom. The topological polar surface area (TPSA) is 85.0 Å². The van der Waals surface area contributed by atoms with Crippen molar-refractivity contribution in [2.75, 3.05) is 18.4 Å². The van der Waals surface area contributed by atoms with Gasteiger partial charge in [0.2, 0.25) is 0 Å². The number of para-hydroxylation sites is 1. The third-order valence-corrected chi connectivity index (χ3v) is 4.70. The highest BCUT2D eigenvalue weighted by molar-refractivity contribution is 6.04. The van der Waals surface area contributed by atoms with Gasteiger partial charge >= 0.3 is 0 Å². The summed E-state index contributed by atoms with van der Waals surface area (Å²) in [5.74, 6) is 0.519. The van der Waals surface area contributed by atoms with Crippen LogP contribution in [0.4, 0.5) is 5.82 Å². The highest BCUT2D eigenvalue weighted by Crippen LogP contribution is 2.27. The second kappa shape index (κ2) is 7.13. The molecule has 0 unspecified atom stereocenters. The number of benzene rings is 1. The normalized spacial score (nSPS) is 15.1. The molecule has 134 valence electrons. The maximum atomic E-state index is 12.7. The Labute approximate surface area is 151 Å². The van der Waals surface area contributed by atoms with Crippen LogP contribution in [-0.2, 0) is 0 Å². The molecule has 1 aliphatic rings. The van der Waals surface area contributed by atoms with Crippen molar-refractivity contribution in [3.8, 4) is 5.69 Å². The average Bonchev–Trinajstić information content (AvgIpc) is 3.30. The van der Waals surface area contributed by atoms with Gasteiger partial charge in [0.1, 0.15) is 11.8 Å². The monoisotopic (exact) mass is 351 g/mol. The van der Waals surface area contributed by atoms with Crippen molar-refractivity contribution in [1.82, 2.24) is 20.3 Å². The predicted octanol–water partition coefficient (Wildman–Crippen LogP) is 2.89. The molecule has 7 nitrogen and oxygen atoms in total. The Kier molecular flexibility index (Phi) is 4.53. The molecule has 4 rings (SSSR count). The number of amides is 1. The molecule has 3 aromatic rings. The van der Waals surface area contributed by atoms with Crippen LogP contribution in [0.3, 0.4) is 0 Å². The summed E-state index contributed by atoms with van der Waals surface area (Å²) >= 11 is 0. The first kappa shape index (κ1) is 16.5. The molecule has 2 aromatic heterocycles. The summed E-state index contributed by atoms with van der Waals surface area (Å²) in [5, 5.41) is 14.8. The summed E-state index contributed by atoms with van der Waals surface area (Å²) in [4.78, 5) is 12.7. The first-order valence-electron chi connectivity index (χ1n) is 8.81. The molecule has 0 aliphatic carbocycles. The summed E-state index contributed by atoms with van der Waals surface area (Å²) in [5.41, 5.74) is 3.12. The molecule has 0 spiro atoms. The number of hydrogen-bond acceptors (Lipinski definition) is 5. The zero-order chi connectivity index (χ0) is 17.9. The summed E-state index contributed by atoms with van der Waals surface area (Å²) < 4.78 is 6.90. The Morgan fingerprint density at radius 1 is 1.27 bits per heavy atom. The van der Waals surface area contributed by atoms with Crippen LogP contribution in [0.15, 0.2) is 47.2 Å². The number of aromatic nitrogens is 3. The standard InChI is InChI=1S/C19H21N5O2/c1-13-11-17(22-24(13)15-5-3-2-4-6-15)21-19(25)16-12-26-23-18(16)14-7-9-20-10-8-14/h2-6,11-12,14,20H,7-10H2,1H3,(H,21,22,25). The van der Waals surface area contributed by atoms with Gasteiger partial charge in [-0.3, -0.25) is 4.79 Å². The maximum absolute atomic E-state index is 12.7. The van der Waals surface area contributed by atoms with Crippen molar-refractivity contribution >= 4 is 11.7 Å². The Bertz CT molecular complexity index is 894. The van der Waals surface area contributed by atoms with Crippen molar-refractivity contribution in [2.45, 2.75) is 25.7 Å². The number of rotatable bonds is 4.